The Morgan fingerprint density at radius 1 is 1.00 bits per heavy atom. The van der Waals surface area contributed by atoms with Crippen molar-refractivity contribution in [3.63, 3.8) is 0 Å². The summed E-state index contributed by atoms with van der Waals surface area (Å²) in [7, 11) is 2.40. The zero-order chi connectivity index (χ0) is 11.0. The molecule has 4 unspecified atom stereocenters. The van der Waals surface area contributed by atoms with Crippen molar-refractivity contribution < 1.29 is 0 Å². The summed E-state index contributed by atoms with van der Waals surface area (Å²) in [4.78, 5) is 0.421. The van der Waals surface area contributed by atoms with Gasteiger partial charge >= 0.3 is 109 Å². The molecule has 2 aromatic rings. The minimum absolute atomic E-state index is 0.242. The molecule has 9 heteroatoms. The molecule has 0 saturated carbocycles. The van der Waals surface area contributed by atoms with Gasteiger partial charge < -0.3 is 0 Å². The predicted molar refractivity (Wildman–Crippen MR) is 84.1 cm³/mol. The Kier molecular flexibility index (Phi) is 5.53. The Balaban J connectivity index is 2.21. The van der Waals surface area contributed by atoms with E-state index in [0.717, 1.165) is 33.2 Å². The maximum atomic E-state index is 3.86. The summed E-state index contributed by atoms with van der Waals surface area (Å²) in [5.74, 6) is 0. The van der Waals surface area contributed by atoms with E-state index in [1.807, 2.05) is 0 Å². The van der Waals surface area contributed by atoms with Crippen LogP contribution in [-0.2, 0) is 0 Å². The van der Waals surface area contributed by atoms with Crippen LogP contribution in [0.4, 0.5) is 0 Å². The van der Waals surface area contributed by atoms with E-state index in [9.17, 15) is 0 Å². The van der Waals surface area contributed by atoms with Crippen molar-refractivity contribution in [2.45, 2.75) is 39.8 Å². The molecule has 2 nitrogen and oxygen atoms in total. The molecule has 0 aromatic carbocycles. The quantitative estimate of drug-likeness (QED) is 0.694. The summed E-state index contributed by atoms with van der Waals surface area (Å²) in [5.41, 5.74) is 0. The fourth-order valence-corrected chi connectivity index (χ4v) is 168. The molecular formula is C6H16N2P4SSe2. The third-order valence-corrected chi connectivity index (χ3v) is 87.8. The second-order valence-electron chi connectivity index (χ2n) is 3.83. The van der Waals surface area contributed by atoms with Crippen LogP contribution in [0.1, 0.15) is 27.7 Å². The van der Waals surface area contributed by atoms with Crippen LogP contribution < -0.4 is 10.2 Å². The standard InChI is InChI=1S/C6H16N2P4SSe2/c1-5(2)7-9-12-14-10(8-6(3)4)11(13-9)15-12/h5-8H,1-4H3. The number of fused-ring (bicyclic) bond motifs is 2. The van der Waals surface area contributed by atoms with Crippen molar-refractivity contribution >= 4 is 59.5 Å². The first-order valence-corrected chi connectivity index (χ1v) is 22.5. The fourth-order valence-electron chi connectivity index (χ4n) is 0.997. The first-order valence-electron chi connectivity index (χ1n) is 4.83. The molecule has 0 fully saturated rings. The van der Waals surface area contributed by atoms with Gasteiger partial charge in [0.25, 0.3) is 0 Å². The van der Waals surface area contributed by atoms with E-state index >= 15 is 0 Å². The molecule has 88 valence electrons. The molecule has 15 heavy (non-hydrogen) atoms. The van der Waals surface area contributed by atoms with E-state index in [2.05, 4.69) is 48.4 Å². The number of hydrogen-bond acceptors (Lipinski definition) is 3. The van der Waals surface area contributed by atoms with Crippen LogP contribution in [0.3, 0.4) is 0 Å². The zero-order valence-corrected chi connectivity index (χ0v) is 17.0. The Bertz CT molecular complexity index is 409. The van der Waals surface area contributed by atoms with Crippen LogP contribution in [-0.4, -0.2) is 39.3 Å². The van der Waals surface area contributed by atoms with E-state index < -0.39 is 0 Å². The van der Waals surface area contributed by atoms with Crippen LogP contribution in [0.2, 0.25) is 0 Å². The molecule has 0 saturated heterocycles. The van der Waals surface area contributed by atoms with Crippen LogP contribution in [0.15, 0.2) is 0 Å². The van der Waals surface area contributed by atoms with E-state index in [1.165, 1.54) is 0 Å². The zero-order valence-electron chi connectivity index (χ0n) is 9.17. The van der Waals surface area contributed by atoms with E-state index in [0.29, 0.717) is 21.3 Å². The van der Waals surface area contributed by atoms with Gasteiger partial charge in [-0.1, -0.05) is 0 Å². The molecule has 0 aliphatic heterocycles. The molecule has 2 N–H and O–H groups in total. The molecule has 0 radical (unpaired) electrons. The molecule has 0 aliphatic carbocycles. The van der Waals surface area contributed by atoms with E-state index in [4.69, 9.17) is 0 Å². The van der Waals surface area contributed by atoms with Crippen LogP contribution in [0.25, 0.3) is 0 Å². The molecule has 0 aliphatic rings. The van der Waals surface area contributed by atoms with Crippen LogP contribution >= 0.6 is 32.3 Å². The van der Waals surface area contributed by atoms with Crippen LogP contribution in [0, 0.1) is 0 Å². The summed E-state index contributed by atoms with van der Waals surface area (Å²) in [6.45, 7) is 9.45. The van der Waals surface area contributed by atoms with Crippen LogP contribution in [0.5, 0.6) is 0 Å². The van der Waals surface area contributed by atoms with Gasteiger partial charge in [-0.3, -0.25) is 0 Å². The summed E-state index contributed by atoms with van der Waals surface area (Å²) < 4.78 is 0.502. The summed E-state index contributed by atoms with van der Waals surface area (Å²) in [5, 5.41) is 7.70. The SMILES string of the molecule is CC(C)Np1[se]p2[se]p1sp2NC(C)C. The Hall–Kier alpha value is 2.38. The van der Waals surface area contributed by atoms with Crippen molar-refractivity contribution in [3.8, 4) is 0 Å². The van der Waals surface area contributed by atoms with Gasteiger partial charge in [-0.25, -0.2) is 0 Å². The summed E-state index contributed by atoms with van der Waals surface area (Å²) >= 11 is 2.08. The van der Waals surface area contributed by atoms with Crippen molar-refractivity contribution in [1.29, 1.82) is 0 Å². The minimum atomic E-state index is 0.242. The van der Waals surface area contributed by atoms with Crippen molar-refractivity contribution in [2.75, 3.05) is 10.2 Å². The monoisotopic (exact) mass is 432 g/mol. The average Bonchev–Trinajstić information content (AvgIpc) is 2.60. The summed E-state index contributed by atoms with van der Waals surface area (Å²) in [6, 6.07) is 1.75. The van der Waals surface area contributed by atoms with Gasteiger partial charge in [-0.15, -0.1) is 0 Å². The molecule has 2 heterocycles. The fraction of sp³-hybridized carbons (Fsp3) is 1.00. The Morgan fingerprint density at radius 3 is 2.13 bits per heavy atom. The van der Waals surface area contributed by atoms with Gasteiger partial charge in [0.1, 0.15) is 0 Å². The molecule has 2 aromatic heterocycles. The van der Waals surface area contributed by atoms with Crippen molar-refractivity contribution in [3.05, 3.63) is 0 Å². The first kappa shape index (κ1) is 13.8. The number of hydrogen-bond donors (Lipinski definition) is 2. The Morgan fingerprint density at radius 2 is 1.67 bits per heavy atom. The second-order valence-corrected chi connectivity index (χ2v) is 46.2. The average molecular weight is 430 g/mol. The Labute approximate surface area is 109 Å². The van der Waals surface area contributed by atoms with Gasteiger partial charge in [0.15, 0.2) is 0 Å². The topological polar surface area (TPSA) is 24.1 Å². The van der Waals surface area contributed by atoms with Gasteiger partial charge in [0.2, 0.25) is 0 Å². The normalized spacial score (nSPS) is 17.2. The molecule has 2 bridgehead atoms. The van der Waals surface area contributed by atoms with Gasteiger partial charge in [-0.2, -0.15) is 0 Å². The molecule has 0 spiro atoms. The number of rotatable bonds is 4. The van der Waals surface area contributed by atoms with Crippen molar-refractivity contribution in [1.82, 2.24) is 0 Å². The van der Waals surface area contributed by atoms with E-state index in [-0.39, 0.29) is 6.54 Å². The van der Waals surface area contributed by atoms with Gasteiger partial charge in [0, 0.05) is 0 Å². The molecule has 4 atom stereocenters. The first-order chi connectivity index (χ1) is 7.06. The summed E-state index contributed by atoms with van der Waals surface area (Å²) in [6.07, 6.45) is 0. The van der Waals surface area contributed by atoms with Crippen molar-refractivity contribution in [2.24, 2.45) is 0 Å². The predicted octanol–water partition coefficient (Wildman–Crippen LogP) is 4.59. The molecular weight excluding hydrogens is 414 g/mol. The number of nitrogens with one attached hydrogen (secondary N) is 2. The second kappa shape index (κ2) is 6.01. The molecule has 0 amide bonds. The third-order valence-electron chi connectivity index (χ3n) is 1.47. The third kappa shape index (κ3) is 3.67. The van der Waals surface area contributed by atoms with Gasteiger partial charge in [0.05, 0.1) is 0 Å². The van der Waals surface area contributed by atoms with Gasteiger partial charge in [-0.05, 0) is 0 Å². The maximum absolute atomic E-state index is 3.86. The molecule has 2 rings (SSSR count). The van der Waals surface area contributed by atoms with E-state index in [1.54, 1.807) is 0 Å².